The first-order valence-corrected chi connectivity index (χ1v) is 10.7. The largest absolute Gasteiger partial charge is 0.472 e. The van der Waals surface area contributed by atoms with E-state index >= 15 is 0 Å². The van der Waals surface area contributed by atoms with Crippen LogP contribution in [0, 0.1) is 11.3 Å². The van der Waals surface area contributed by atoms with Crippen molar-refractivity contribution in [2.75, 3.05) is 13.2 Å². The van der Waals surface area contributed by atoms with Gasteiger partial charge in [0.1, 0.15) is 23.3 Å². The van der Waals surface area contributed by atoms with Gasteiger partial charge in [0, 0.05) is 12.0 Å². The van der Waals surface area contributed by atoms with Gasteiger partial charge in [-0.3, -0.25) is 0 Å². The average molecular weight is 446 g/mol. The van der Waals surface area contributed by atoms with Crippen LogP contribution < -0.4 is 4.74 Å². The maximum Gasteiger partial charge on any atom is 0.212 e. The van der Waals surface area contributed by atoms with E-state index in [0.717, 1.165) is 16.7 Å². The number of nitrogens with one attached hydrogen (secondary N) is 1. The lowest BCUT2D eigenvalue weighted by atomic mass is 10.0. The third-order valence-electron chi connectivity index (χ3n) is 5.60. The topological polar surface area (TPSA) is 91.2 Å². The Kier molecular flexibility index (Phi) is 5.54. The lowest BCUT2D eigenvalue weighted by Gasteiger charge is -2.10. The Morgan fingerprint density at radius 1 is 1.12 bits per heavy atom. The van der Waals surface area contributed by atoms with Crippen LogP contribution in [-0.4, -0.2) is 40.5 Å². The number of H-pyrrole nitrogens is 1. The molecule has 2 aromatic heterocycles. The van der Waals surface area contributed by atoms with Gasteiger partial charge in [-0.25, -0.2) is 4.98 Å². The van der Waals surface area contributed by atoms with Gasteiger partial charge in [-0.1, -0.05) is 66.2 Å². The molecule has 2 aromatic carbocycles. The summed E-state index contributed by atoms with van der Waals surface area (Å²) in [4.78, 5) is 7.82. The number of aromatic nitrogens is 2. The van der Waals surface area contributed by atoms with Crippen molar-refractivity contribution in [3.8, 4) is 34.3 Å². The van der Waals surface area contributed by atoms with Gasteiger partial charge >= 0.3 is 0 Å². The van der Waals surface area contributed by atoms with Gasteiger partial charge in [0.05, 0.1) is 35.6 Å². The van der Waals surface area contributed by atoms with Crippen LogP contribution in [0.5, 0.6) is 5.88 Å². The zero-order valence-electron chi connectivity index (χ0n) is 17.1. The Morgan fingerprint density at radius 2 is 1.84 bits per heavy atom. The second-order valence-corrected chi connectivity index (χ2v) is 8.12. The summed E-state index contributed by atoms with van der Waals surface area (Å²) in [5.74, 6) is 0.342. The molecule has 1 fully saturated rings. The Balaban J connectivity index is 1.48. The van der Waals surface area contributed by atoms with Crippen molar-refractivity contribution in [2.24, 2.45) is 0 Å². The second kappa shape index (κ2) is 8.64. The molecule has 2 unspecified atom stereocenters. The summed E-state index contributed by atoms with van der Waals surface area (Å²) in [5, 5.41) is 19.5. The molecule has 4 aromatic rings. The van der Waals surface area contributed by atoms with Crippen LogP contribution in [0.1, 0.15) is 12.0 Å². The highest BCUT2D eigenvalue weighted by Crippen LogP contribution is 2.35. The average Bonchev–Trinajstić information content (AvgIpc) is 3.42. The van der Waals surface area contributed by atoms with Gasteiger partial charge in [-0.05, 0) is 17.2 Å². The minimum absolute atomic E-state index is 0.0543. The highest BCUT2D eigenvalue weighted by Gasteiger charge is 2.28. The lowest BCUT2D eigenvalue weighted by Crippen LogP contribution is -2.18. The minimum atomic E-state index is -0.243. The summed E-state index contributed by atoms with van der Waals surface area (Å²) in [6, 6.07) is 22.1. The van der Waals surface area contributed by atoms with Gasteiger partial charge in [-0.2, -0.15) is 5.26 Å². The molecule has 32 heavy (non-hydrogen) atoms. The van der Waals surface area contributed by atoms with E-state index in [-0.39, 0.29) is 18.8 Å². The Bertz CT molecular complexity index is 1300. The van der Waals surface area contributed by atoms with E-state index in [2.05, 4.69) is 23.2 Å². The number of hydrogen-bond acceptors (Lipinski definition) is 5. The number of benzene rings is 2. The normalized spacial score (nSPS) is 18.0. The Hall–Kier alpha value is -3.37. The number of pyridine rings is 1. The molecule has 1 aliphatic rings. The molecular weight excluding hydrogens is 426 g/mol. The third kappa shape index (κ3) is 3.82. The van der Waals surface area contributed by atoms with E-state index in [1.165, 1.54) is 0 Å². The first-order chi connectivity index (χ1) is 15.7. The molecule has 3 heterocycles. The molecule has 0 amide bonds. The molecule has 2 atom stereocenters. The van der Waals surface area contributed by atoms with Crippen LogP contribution in [0.4, 0.5) is 0 Å². The number of aliphatic hydroxyl groups is 1. The molecule has 6 nitrogen and oxygen atoms in total. The predicted octanol–water partition coefficient (Wildman–Crippen LogP) is 4.95. The van der Waals surface area contributed by atoms with Gasteiger partial charge in [0.15, 0.2) is 0 Å². The smallest absolute Gasteiger partial charge is 0.212 e. The number of halogens is 1. The molecule has 0 aliphatic carbocycles. The lowest BCUT2D eigenvalue weighted by molar-refractivity contribution is 0.0531. The van der Waals surface area contributed by atoms with Gasteiger partial charge in [0.25, 0.3) is 0 Å². The van der Waals surface area contributed by atoms with Gasteiger partial charge < -0.3 is 19.6 Å². The van der Waals surface area contributed by atoms with Crippen molar-refractivity contribution < 1.29 is 14.6 Å². The van der Waals surface area contributed by atoms with E-state index in [4.69, 9.17) is 26.1 Å². The summed E-state index contributed by atoms with van der Waals surface area (Å²) in [7, 11) is 0. The zero-order valence-corrected chi connectivity index (χ0v) is 17.8. The number of hydrogen-bond donors (Lipinski definition) is 2. The third-order valence-corrected chi connectivity index (χ3v) is 5.89. The van der Waals surface area contributed by atoms with E-state index in [9.17, 15) is 10.4 Å². The number of aliphatic hydroxyl groups excluding tert-OH is 1. The van der Waals surface area contributed by atoms with Crippen LogP contribution in [0.15, 0.2) is 60.7 Å². The highest BCUT2D eigenvalue weighted by atomic mass is 35.5. The monoisotopic (exact) mass is 445 g/mol. The van der Waals surface area contributed by atoms with Crippen molar-refractivity contribution in [3.63, 3.8) is 0 Å². The van der Waals surface area contributed by atoms with E-state index in [1.807, 2.05) is 42.5 Å². The standard InChI is InChI=1S/C25H20ClN3O3/c26-21-11-22-24(20(12-27)25(28-22)32-19-10-18(13-30)31-14-19)29-23(21)17-8-6-16(7-9-17)15-4-2-1-3-5-15/h1-9,11,18-19,28,30H,10,13-14H2. The quantitative estimate of drug-likeness (QED) is 0.453. The molecule has 5 rings (SSSR count). The van der Waals surface area contributed by atoms with Crippen LogP contribution in [0.3, 0.4) is 0 Å². The predicted molar refractivity (Wildman–Crippen MR) is 123 cm³/mol. The van der Waals surface area contributed by atoms with Crippen molar-refractivity contribution in [2.45, 2.75) is 18.6 Å². The summed E-state index contributed by atoms with van der Waals surface area (Å²) in [6.07, 6.45) is 0.0740. The SMILES string of the molecule is N#Cc1c(OC2COC(CO)C2)[nH]c2cc(Cl)c(-c3ccc(-c4ccccc4)cc3)nc12. The van der Waals surface area contributed by atoms with Crippen LogP contribution in [-0.2, 0) is 4.74 Å². The van der Waals surface area contributed by atoms with E-state index in [0.29, 0.717) is 46.2 Å². The number of nitrogens with zero attached hydrogens (tertiary/aromatic N) is 2. The fraction of sp³-hybridized carbons (Fsp3) is 0.200. The fourth-order valence-electron chi connectivity index (χ4n) is 3.96. The number of fused-ring (bicyclic) bond motifs is 1. The molecule has 0 saturated carbocycles. The minimum Gasteiger partial charge on any atom is -0.472 e. The molecule has 7 heteroatoms. The van der Waals surface area contributed by atoms with Crippen molar-refractivity contribution in [1.29, 1.82) is 5.26 Å². The summed E-state index contributed by atoms with van der Waals surface area (Å²) in [6.45, 7) is 0.305. The first-order valence-electron chi connectivity index (χ1n) is 10.3. The summed E-state index contributed by atoms with van der Waals surface area (Å²) < 4.78 is 11.4. The number of nitriles is 1. The molecule has 0 spiro atoms. The number of aromatic amines is 1. The van der Waals surface area contributed by atoms with E-state index < -0.39 is 0 Å². The van der Waals surface area contributed by atoms with Crippen LogP contribution >= 0.6 is 11.6 Å². The van der Waals surface area contributed by atoms with E-state index in [1.54, 1.807) is 6.07 Å². The van der Waals surface area contributed by atoms with Crippen molar-refractivity contribution in [3.05, 3.63) is 71.2 Å². The summed E-state index contributed by atoms with van der Waals surface area (Å²) in [5.41, 5.74) is 5.15. The molecule has 160 valence electrons. The molecular formula is C25H20ClN3O3. The number of rotatable bonds is 5. The van der Waals surface area contributed by atoms with Crippen LogP contribution in [0.2, 0.25) is 5.02 Å². The maximum atomic E-state index is 9.78. The van der Waals surface area contributed by atoms with Crippen molar-refractivity contribution >= 4 is 22.6 Å². The second-order valence-electron chi connectivity index (χ2n) is 7.71. The first kappa shape index (κ1) is 20.5. The zero-order chi connectivity index (χ0) is 22.1. The molecule has 2 N–H and O–H groups in total. The van der Waals surface area contributed by atoms with Gasteiger partial charge in [0.2, 0.25) is 5.88 Å². The van der Waals surface area contributed by atoms with Crippen molar-refractivity contribution in [1.82, 2.24) is 9.97 Å². The molecule has 1 saturated heterocycles. The molecule has 0 radical (unpaired) electrons. The highest BCUT2D eigenvalue weighted by molar-refractivity contribution is 6.33. The fourth-order valence-corrected chi connectivity index (χ4v) is 4.22. The van der Waals surface area contributed by atoms with Gasteiger partial charge in [-0.15, -0.1) is 0 Å². The molecule has 1 aliphatic heterocycles. The maximum absolute atomic E-state index is 9.78. The summed E-state index contributed by atoms with van der Waals surface area (Å²) >= 11 is 6.55. The number of ether oxygens (including phenoxy) is 2. The molecule has 0 bridgehead atoms. The van der Waals surface area contributed by atoms with Crippen LogP contribution in [0.25, 0.3) is 33.4 Å². The Morgan fingerprint density at radius 3 is 2.53 bits per heavy atom. The Labute approximate surface area is 190 Å².